The van der Waals surface area contributed by atoms with Crippen molar-refractivity contribution in [2.45, 2.75) is 52.1 Å². The first-order valence-electron chi connectivity index (χ1n) is 14.1. The summed E-state index contributed by atoms with van der Waals surface area (Å²) >= 11 is 0. The van der Waals surface area contributed by atoms with Crippen molar-refractivity contribution in [1.82, 2.24) is 10.2 Å². The number of fused-ring (bicyclic) bond motifs is 3. The molecule has 222 valence electrons. The Labute approximate surface area is 241 Å². The Morgan fingerprint density at radius 3 is 2.37 bits per heavy atom. The predicted octanol–water partition coefficient (Wildman–Crippen LogP) is 3.55. The van der Waals surface area contributed by atoms with Crippen molar-refractivity contribution in [3.63, 3.8) is 0 Å². The number of amides is 2. The highest BCUT2D eigenvalue weighted by Crippen LogP contribution is 2.50. The van der Waals surface area contributed by atoms with E-state index in [0.29, 0.717) is 74.1 Å². The first-order chi connectivity index (χ1) is 19.7. The number of methoxy groups -OCH3 is 3. The summed E-state index contributed by atoms with van der Waals surface area (Å²) in [4.78, 5) is 41.3. The second-order valence-electron chi connectivity index (χ2n) is 10.9. The molecule has 10 nitrogen and oxygen atoms in total. The lowest BCUT2D eigenvalue weighted by Gasteiger charge is -2.31. The number of ether oxygens (including phenoxy) is 4. The van der Waals surface area contributed by atoms with E-state index in [1.54, 1.807) is 38.4 Å². The lowest BCUT2D eigenvalue weighted by atomic mass is 9.95. The van der Waals surface area contributed by atoms with Crippen LogP contribution in [0.25, 0.3) is 11.1 Å². The van der Waals surface area contributed by atoms with Gasteiger partial charge in [-0.25, -0.2) is 0 Å². The van der Waals surface area contributed by atoms with Crippen molar-refractivity contribution in [2.75, 3.05) is 52.9 Å². The highest BCUT2D eigenvalue weighted by molar-refractivity contribution is 5.86. The minimum absolute atomic E-state index is 0.0468. The van der Waals surface area contributed by atoms with Gasteiger partial charge in [-0.3, -0.25) is 14.4 Å². The molecule has 0 spiro atoms. The molecule has 10 heteroatoms. The summed E-state index contributed by atoms with van der Waals surface area (Å²) in [5.41, 5.74) is 3.17. The average molecular weight is 568 g/mol. The van der Waals surface area contributed by atoms with Crippen molar-refractivity contribution >= 4 is 17.5 Å². The van der Waals surface area contributed by atoms with E-state index in [2.05, 4.69) is 24.5 Å². The minimum Gasteiger partial charge on any atom is -0.493 e. The van der Waals surface area contributed by atoms with E-state index in [0.717, 1.165) is 16.7 Å². The van der Waals surface area contributed by atoms with Gasteiger partial charge in [0.05, 0.1) is 46.3 Å². The van der Waals surface area contributed by atoms with Crippen LogP contribution in [0.3, 0.4) is 0 Å². The number of anilines is 1. The number of nitrogens with one attached hydrogen (secondary N) is 2. The van der Waals surface area contributed by atoms with Crippen LogP contribution in [0.15, 0.2) is 29.1 Å². The first kappa shape index (κ1) is 30.2. The van der Waals surface area contributed by atoms with Gasteiger partial charge in [0, 0.05) is 25.6 Å². The number of hydrogen-bond donors (Lipinski definition) is 2. The van der Waals surface area contributed by atoms with Crippen molar-refractivity contribution in [2.24, 2.45) is 5.92 Å². The van der Waals surface area contributed by atoms with Crippen LogP contribution in [-0.4, -0.2) is 70.4 Å². The highest BCUT2D eigenvalue weighted by atomic mass is 16.5. The first-order valence-corrected chi connectivity index (χ1v) is 14.1. The molecule has 4 rings (SSSR count). The molecular formula is C31H41N3O7. The van der Waals surface area contributed by atoms with E-state index in [-0.39, 0.29) is 23.2 Å². The van der Waals surface area contributed by atoms with Crippen LogP contribution in [0.1, 0.15) is 50.8 Å². The van der Waals surface area contributed by atoms with Gasteiger partial charge in [0.25, 0.3) is 0 Å². The summed E-state index contributed by atoms with van der Waals surface area (Å²) in [5.74, 6) is 1.45. The van der Waals surface area contributed by atoms with Gasteiger partial charge in [-0.05, 0) is 60.1 Å². The third-order valence-corrected chi connectivity index (χ3v) is 7.57. The van der Waals surface area contributed by atoms with Crippen LogP contribution in [-0.2, 0) is 20.7 Å². The van der Waals surface area contributed by atoms with E-state index in [1.807, 2.05) is 12.1 Å². The molecule has 1 heterocycles. The predicted molar refractivity (Wildman–Crippen MR) is 157 cm³/mol. The second kappa shape index (κ2) is 13.2. The molecule has 2 aromatic carbocycles. The third kappa shape index (κ3) is 6.59. The molecular weight excluding hydrogens is 526 g/mol. The van der Waals surface area contributed by atoms with Crippen LogP contribution in [0.5, 0.6) is 17.2 Å². The largest absolute Gasteiger partial charge is 0.493 e. The van der Waals surface area contributed by atoms with Gasteiger partial charge in [0.1, 0.15) is 6.04 Å². The molecule has 0 radical (unpaired) electrons. The number of rotatable bonds is 9. The zero-order valence-corrected chi connectivity index (χ0v) is 24.8. The summed E-state index contributed by atoms with van der Waals surface area (Å²) in [5, 5.41) is 6.30. The molecule has 41 heavy (non-hydrogen) atoms. The summed E-state index contributed by atoms with van der Waals surface area (Å²) in [6, 6.07) is 6.08. The number of benzene rings is 1. The number of carbonyl (C=O) groups is 2. The minimum atomic E-state index is -0.569. The zero-order chi connectivity index (χ0) is 29.7. The SMILES string of the molecule is COc1cc2c(c(OC)c1OC)-c1ccc(N[C@H](CC(C)C)C(=O)N3CCOCC3)c(=O)cc1[C@@H](NC(C)=O)CC2. The number of hydrogen-bond acceptors (Lipinski definition) is 8. The van der Waals surface area contributed by atoms with Gasteiger partial charge < -0.3 is 34.5 Å². The van der Waals surface area contributed by atoms with Gasteiger partial charge in [-0.1, -0.05) is 19.9 Å². The molecule has 1 saturated heterocycles. The molecule has 2 N–H and O–H groups in total. The van der Waals surface area contributed by atoms with Gasteiger partial charge in [-0.15, -0.1) is 0 Å². The van der Waals surface area contributed by atoms with Crippen LogP contribution >= 0.6 is 0 Å². The molecule has 0 bridgehead atoms. The quantitative estimate of drug-likeness (QED) is 0.473. The molecule has 1 fully saturated rings. The van der Waals surface area contributed by atoms with Gasteiger partial charge in [-0.2, -0.15) is 0 Å². The third-order valence-electron chi connectivity index (χ3n) is 7.57. The fourth-order valence-electron chi connectivity index (χ4n) is 5.71. The lowest BCUT2D eigenvalue weighted by Crippen LogP contribution is -2.48. The summed E-state index contributed by atoms with van der Waals surface area (Å²) in [7, 11) is 4.69. The van der Waals surface area contributed by atoms with Gasteiger partial charge in [0.15, 0.2) is 11.5 Å². The van der Waals surface area contributed by atoms with E-state index < -0.39 is 12.1 Å². The van der Waals surface area contributed by atoms with E-state index in [9.17, 15) is 14.4 Å². The van der Waals surface area contributed by atoms with Crippen molar-refractivity contribution in [3.05, 3.63) is 45.6 Å². The van der Waals surface area contributed by atoms with Crippen molar-refractivity contribution in [3.8, 4) is 28.4 Å². The Hall–Kier alpha value is -3.79. The maximum absolute atomic E-state index is 13.7. The van der Waals surface area contributed by atoms with Crippen LogP contribution < -0.4 is 30.3 Å². The van der Waals surface area contributed by atoms with E-state index in [1.165, 1.54) is 6.92 Å². The van der Waals surface area contributed by atoms with Crippen molar-refractivity contribution < 1.29 is 28.5 Å². The van der Waals surface area contributed by atoms with Crippen LogP contribution in [0, 0.1) is 5.92 Å². The smallest absolute Gasteiger partial charge is 0.245 e. The highest BCUT2D eigenvalue weighted by Gasteiger charge is 2.31. The fourth-order valence-corrected chi connectivity index (χ4v) is 5.71. The van der Waals surface area contributed by atoms with Gasteiger partial charge in [0.2, 0.25) is 23.0 Å². The number of morpholine rings is 1. The maximum atomic E-state index is 13.7. The monoisotopic (exact) mass is 567 g/mol. The maximum Gasteiger partial charge on any atom is 0.245 e. The summed E-state index contributed by atoms with van der Waals surface area (Å²) in [6.07, 6.45) is 1.74. The number of carbonyl (C=O) groups excluding carboxylic acids is 2. The number of nitrogens with zero attached hydrogens (tertiary/aromatic N) is 1. The summed E-state index contributed by atoms with van der Waals surface area (Å²) in [6.45, 7) is 7.62. The molecule has 0 unspecified atom stereocenters. The Balaban J connectivity index is 1.87. The average Bonchev–Trinajstić information content (AvgIpc) is 3.20. The topological polar surface area (TPSA) is 115 Å². The van der Waals surface area contributed by atoms with Crippen molar-refractivity contribution in [1.29, 1.82) is 0 Å². The second-order valence-corrected chi connectivity index (χ2v) is 10.9. The van der Waals surface area contributed by atoms with Crippen LogP contribution in [0.2, 0.25) is 0 Å². The summed E-state index contributed by atoms with van der Waals surface area (Å²) < 4.78 is 22.5. The lowest BCUT2D eigenvalue weighted by molar-refractivity contribution is -0.136. The number of aryl methyl sites for hydroxylation is 1. The van der Waals surface area contributed by atoms with E-state index >= 15 is 0 Å². The zero-order valence-electron chi connectivity index (χ0n) is 24.8. The Kier molecular flexibility index (Phi) is 9.75. The molecule has 2 atom stereocenters. The Bertz CT molecular complexity index is 1340. The fraction of sp³-hybridized carbons (Fsp3) is 0.516. The molecule has 2 aliphatic rings. The molecule has 1 aliphatic heterocycles. The van der Waals surface area contributed by atoms with E-state index in [4.69, 9.17) is 18.9 Å². The standard InChI is InChI=1S/C31H41N3O7/c1-18(2)15-25(31(37)34-11-13-41-14-12-34)33-24-10-8-21-22(17-26(24)36)23(32-19(3)35)9-7-20-16-27(38-4)29(39-5)30(40-6)28(20)21/h8,10,16-18,23,25H,7,9,11-15H2,1-6H3,(H,32,35)(H,33,36)/t23-,25+/m0/s1. The molecule has 1 aliphatic carbocycles. The van der Waals surface area contributed by atoms with Gasteiger partial charge >= 0.3 is 0 Å². The normalized spacial score (nSPS) is 17.0. The molecule has 2 aromatic rings. The van der Waals surface area contributed by atoms with Crippen LogP contribution in [0.4, 0.5) is 5.69 Å². The Morgan fingerprint density at radius 1 is 1.05 bits per heavy atom. The molecule has 2 amide bonds. The molecule has 0 aromatic heterocycles. The Morgan fingerprint density at radius 2 is 1.76 bits per heavy atom. The molecule has 0 saturated carbocycles.